The summed E-state index contributed by atoms with van der Waals surface area (Å²) in [5.41, 5.74) is 2.72. The molecule has 6 nitrogen and oxygen atoms in total. The van der Waals surface area contributed by atoms with E-state index in [0.29, 0.717) is 24.6 Å². The Balaban J connectivity index is 1.85. The third-order valence-corrected chi connectivity index (χ3v) is 3.29. The molecule has 6 heteroatoms. The van der Waals surface area contributed by atoms with Gasteiger partial charge in [-0.05, 0) is 26.6 Å². The van der Waals surface area contributed by atoms with E-state index in [-0.39, 0.29) is 5.91 Å². The van der Waals surface area contributed by atoms with Crippen molar-refractivity contribution in [3.8, 4) is 0 Å². The fourth-order valence-corrected chi connectivity index (χ4v) is 2.03. The highest BCUT2D eigenvalue weighted by atomic mass is 16.1. The van der Waals surface area contributed by atoms with Crippen molar-refractivity contribution in [1.82, 2.24) is 20.2 Å². The quantitative estimate of drug-likeness (QED) is 0.814. The zero-order valence-electron chi connectivity index (χ0n) is 13.8. The van der Waals surface area contributed by atoms with Crippen molar-refractivity contribution in [2.24, 2.45) is 0 Å². The molecule has 0 saturated carbocycles. The first-order chi connectivity index (χ1) is 11.0. The van der Waals surface area contributed by atoms with Crippen LogP contribution in [0.1, 0.15) is 21.6 Å². The first kappa shape index (κ1) is 16.9. The van der Waals surface area contributed by atoms with E-state index < -0.39 is 0 Å². The van der Waals surface area contributed by atoms with Gasteiger partial charge in [-0.15, -0.1) is 0 Å². The van der Waals surface area contributed by atoms with Gasteiger partial charge in [-0.3, -0.25) is 4.79 Å². The van der Waals surface area contributed by atoms with Gasteiger partial charge in [-0.2, -0.15) is 0 Å². The summed E-state index contributed by atoms with van der Waals surface area (Å²) in [6.07, 6.45) is 3.07. The summed E-state index contributed by atoms with van der Waals surface area (Å²) in [6, 6.07) is 8.26. The third-order valence-electron chi connectivity index (χ3n) is 3.29. The molecule has 0 unspecified atom stereocenters. The summed E-state index contributed by atoms with van der Waals surface area (Å²) in [5.74, 6) is 0.445. The second-order valence-corrected chi connectivity index (χ2v) is 5.69. The van der Waals surface area contributed by atoms with Crippen LogP contribution in [0.4, 0.5) is 5.82 Å². The summed E-state index contributed by atoms with van der Waals surface area (Å²) >= 11 is 0. The lowest BCUT2D eigenvalue weighted by molar-refractivity contribution is 0.0945. The Hall–Kier alpha value is -2.47. The number of aromatic nitrogens is 2. The summed E-state index contributed by atoms with van der Waals surface area (Å²) in [4.78, 5) is 22.3. The predicted molar refractivity (Wildman–Crippen MR) is 91.4 cm³/mol. The normalized spacial score (nSPS) is 10.6. The van der Waals surface area contributed by atoms with Crippen molar-refractivity contribution in [3.63, 3.8) is 0 Å². The maximum Gasteiger partial charge on any atom is 0.271 e. The van der Waals surface area contributed by atoms with E-state index in [0.717, 1.165) is 6.54 Å². The Morgan fingerprint density at radius 3 is 2.70 bits per heavy atom. The van der Waals surface area contributed by atoms with Gasteiger partial charge in [-0.1, -0.05) is 29.8 Å². The molecule has 0 spiro atoms. The van der Waals surface area contributed by atoms with Crippen molar-refractivity contribution >= 4 is 11.7 Å². The van der Waals surface area contributed by atoms with Crippen LogP contribution in [0.25, 0.3) is 0 Å². The van der Waals surface area contributed by atoms with Crippen molar-refractivity contribution < 1.29 is 4.79 Å². The SMILES string of the molecule is Cc1cccc(CNc2cnc(C(=O)NCCN(C)C)cn2)c1. The Labute approximate surface area is 137 Å². The third kappa shape index (κ3) is 5.67. The number of nitrogens with one attached hydrogen (secondary N) is 2. The molecule has 2 rings (SSSR count). The number of carbonyl (C=O) groups excluding carboxylic acids is 1. The van der Waals surface area contributed by atoms with E-state index in [2.05, 4.69) is 45.7 Å². The minimum Gasteiger partial charge on any atom is -0.365 e. The van der Waals surface area contributed by atoms with E-state index in [1.54, 1.807) is 6.20 Å². The van der Waals surface area contributed by atoms with Crippen LogP contribution in [-0.4, -0.2) is 48.0 Å². The molecule has 1 amide bonds. The highest BCUT2D eigenvalue weighted by Crippen LogP contribution is 2.07. The molecule has 2 N–H and O–H groups in total. The van der Waals surface area contributed by atoms with E-state index in [9.17, 15) is 4.79 Å². The molecular formula is C17H23N5O. The second kappa shape index (κ2) is 8.24. The lowest BCUT2D eigenvalue weighted by Crippen LogP contribution is -2.31. The Morgan fingerprint density at radius 2 is 2.04 bits per heavy atom. The number of rotatable bonds is 7. The van der Waals surface area contributed by atoms with Crippen molar-refractivity contribution in [2.45, 2.75) is 13.5 Å². The monoisotopic (exact) mass is 313 g/mol. The first-order valence-electron chi connectivity index (χ1n) is 7.59. The summed E-state index contributed by atoms with van der Waals surface area (Å²) in [5, 5.41) is 6.01. The van der Waals surface area contributed by atoms with Crippen molar-refractivity contribution in [2.75, 3.05) is 32.5 Å². The molecule has 2 aromatic rings. The number of benzene rings is 1. The van der Waals surface area contributed by atoms with E-state index >= 15 is 0 Å². The highest BCUT2D eigenvalue weighted by Gasteiger charge is 2.07. The van der Waals surface area contributed by atoms with E-state index in [1.807, 2.05) is 25.1 Å². The lowest BCUT2D eigenvalue weighted by Gasteiger charge is -2.10. The number of likely N-dealkylation sites (N-methyl/N-ethyl adjacent to an activating group) is 1. The summed E-state index contributed by atoms with van der Waals surface area (Å²) in [6.45, 7) is 4.11. The number of aryl methyl sites for hydroxylation is 1. The standard InChI is InChI=1S/C17H23N5O/c1-13-5-4-6-14(9-13)10-20-16-12-19-15(11-21-16)17(23)18-7-8-22(2)3/h4-6,9,11-12H,7-8,10H2,1-3H3,(H,18,23)(H,20,21). The number of amides is 1. The van der Waals surface area contributed by atoms with Crippen LogP contribution >= 0.6 is 0 Å². The van der Waals surface area contributed by atoms with Gasteiger partial charge in [0.1, 0.15) is 11.5 Å². The van der Waals surface area contributed by atoms with Crippen LogP contribution in [0, 0.1) is 6.92 Å². The molecule has 1 aromatic heterocycles. The average Bonchev–Trinajstić information content (AvgIpc) is 2.53. The Bertz CT molecular complexity index is 640. The zero-order chi connectivity index (χ0) is 16.7. The molecule has 0 atom stereocenters. The van der Waals surface area contributed by atoms with Gasteiger partial charge in [0.25, 0.3) is 5.91 Å². The maximum absolute atomic E-state index is 11.9. The minimum atomic E-state index is -0.204. The molecule has 0 fully saturated rings. The molecule has 0 bridgehead atoms. The molecule has 1 aromatic carbocycles. The largest absolute Gasteiger partial charge is 0.365 e. The minimum absolute atomic E-state index is 0.204. The molecule has 0 saturated heterocycles. The van der Waals surface area contributed by atoms with Crippen LogP contribution in [0.2, 0.25) is 0 Å². The topological polar surface area (TPSA) is 70.2 Å². The molecule has 0 aliphatic carbocycles. The van der Waals surface area contributed by atoms with Gasteiger partial charge >= 0.3 is 0 Å². The zero-order valence-corrected chi connectivity index (χ0v) is 13.8. The number of hydrogen-bond donors (Lipinski definition) is 2. The molecule has 0 radical (unpaired) electrons. The van der Waals surface area contributed by atoms with Gasteiger partial charge in [0.15, 0.2) is 0 Å². The Morgan fingerprint density at radius 1 is 1.22 bits per heavy atom. The molecule has 0 aliphatic heterocycles. The average molecular weight is 313 g/mol. The molecule has 122 valence electrons. The van der Waals surface area contributed by atoms with Gasteiger partial charge in [0.2, 0.25) is 0 Å². The van der Waals surface area contributed by atoms with Crippen LogP contribution < -0.4 is 10.6 Å². The molecule has 0 aliphatic rings. The maximum atomic E-state index is 11.9. The highest BCUT2D eigenvalue weighted by molar-refractivity contribution is 5.91. The first-order valence-corrected chi connectivity index (χ1v) is 7.59. The smallest absolute Gasteiger partial charge is 0.271 e. The van der Waals surface area contributed by atoms with E-state index in [1.165, 1.54) is 17.3 Å². The lowest BCUT2D eigenvalue weighted by atomic mass is 10.1. The number of anilines is 1. The van der Waals surface area contributed by atoms with Crippen LogP contribution in [0.5, 0.6) is 0 Å². The predicted octanol–water partition coefficient (Wildman–Crippen LogP) is 1.69. The summed E-state index contributed by atoms with van der Waals surface area (Å²) < 4.78 is 0. The van der Waals surface area contributed by atoms with Gasteiger partial charge in [0.05, 0.1) is 12.4 Å². The van der Waals surface area contributed by atoms with Crippen LogP contribution in [0.3, 0.4) is 0 Å². The van der Waals surface area contributed by atoms with Crippen molar-refractivity contribution in [3.05, 3.63) is 53.5 Å². The number of hydrogen-bond acceptors (Lipinski definition) is 5. The van der Waals surface area contributed by atoms with Gasteiger partial charge in [-0.25, -0.2) is 9.97 Å². The second-order valence-electron chi connectivity index (χ2n) is 5.69. The number of carbonyl (C=O) groups is 1. The Kier molecular flexibility index (Phi) is 6.05. The van der Waals surface area contributed by atoms with Crippen LogP contribution in [0.15, 0.2) is 36.7 Å². The van der Waals surface area contributed by atoms with E-state index in [4.69, 9.17) is 0 Å². The molecule has 23 heavy (non-hydrogen) atoms. The fraction of sp³-hybridized carbons (Fsp3) is 0.353. The van der Waals surface area contributed by atoms with Crippen LogP contribution in [-0.2, 0) is 6.54 Å². The summed E-state index contributed by atoms with van der Waals surface area (Å²) in [7, 11) is 3.92. The van der Waals surface area contributed by atoms with Gasteiger partial charge in [0, 0.05) is 19.6 Å². The molecule has 1 heterocycles. The molecular weight excluding hydrogens is 290 g/mol. The van der Waals surface area contributed by atoms with Crippen molar-refractivity contribution in [1.29, 1.82) is 0 Å². The fourth-order valence-electron chi connectivity index (χ4n) is 2.03. The number of nitrogens with zero attached hydrogens (tertiary/aromatic N) is 3. The van der Waals surface area contributed by atoms with Gasteiger partial charge < -0.3 is 15.5 Å².